The highest BCUT2D eigenvalue weighted by Crippen LogP contribution is 2.20. The smallest absolute Gasteiger partial charge is 0.305 e. The zero-order valence-electron chi connectivity index (χ0n) is 15.4. The molecule has 0 saturated carbocycles. The summed E-state index contributed by atoms with van der Waals surface area (Å²) >= 11 is 0. The van der Waals surface area contributed by atoms with Crippen molar-refractivity contribution in [2.24, 2.45) is 0 Å². The topological polar surface area (TPSA) is 48.4 Å². The summed E-state index contributed by atoms with van der Waals surface area (Å²) < 4.78 is 10.6. The van der Waals surface area contributed by atoms with Crippen molar-refractivity contribution in [1.82, 2.24) is 4.98 Å². The number of hydrogen-bond donors (Lipinski definition) is 0. The third-order valence-electron chi connectivity index (χ3n) is 3.33. The van der Waals surface area contributed by atoms with E-state index in [2.05, 4.69) is 36.1 Å². The van der Waals surface area contributed by atoms with Crippen LogP contribution in [0.3, 0.4) is 0 Å². The molecule has 0 aliphatic heterocycles. The molecule has 132 valence electrons. The van der Waals surface area contributed by atoms with Gasteiger partial charge in [0.1, 0.15) is 19.5 Å². The molecule has 4 nitrogen and oxygen atoms in total. The van der Waals surface area contributed by atoms with Gasteiger partial charge in [0.15, 0.2) is 0 Å². The quantitative estimate of drug-likeness (QED) is 0.337. The minimum Gasteiger partial charge on any atom is -0.494 e. The van der Waals surface area contributed by atoms with Gasteiger partial charge in [-0.15, -0.1) is 5.54 Å². The van der Waals surface area contributed by atoms with Crippen molar-refractivity contribution in [1.29, 1.82) is 0 Å². The largest absolute Gasteiger partial charge is 0.494 e. The zero-order chi connectivity index (χ0) is 18.3. The Morgan fingerprint density at radius 3 is 2.72 bits per heavy atom. The van der Waals surface area contributed by atoms with Gasteiger partial charge in [0.2, 0.25) is 0 Å². The lowest BCUT2D eigenvalue weighted by Crippen LogP contribution is -2.16. The number of pyridine rings is 1. The van der Waals surface area contributed by atoms with Crippen LogP contribution in [-0.2, 0) is 9.53 Å². The molecular formula is C20H25NO3Si. The van der Waals surface area contributed by atoms with Gasteiger partial charge in [0.05, 0.1) is 18.7 Å². The van der Waals surface area contributed by atoms with E-state index >= 15 is 0 Å². The predicted molar refractivity (Wildman–Crippen MR) is 103 cm³/mol. The van der Waals surface area contributed by atoms with Crippen molar-refractivity contribution in [3.05, 3.63) is 36.0 Å². The van der Waals surface area contributed by atoms with Crippen LogP contribution in [0.4, 0.5) is 0 Å². The average molecular weight is 356 g/mol. The number of esters is 1. The molecule has 0 aliphatic rings. The molecule has 0 spiro atoms. The summed E-state index contributed by atoms with van der Waals surface area (Å²) in [6.07, 6.45) is 1.02. The summed E-state index contributed by atoms with van der Waals surface area (Å²) in [5, 5.41) is 1.02. The van der Waals surface area contributed by atoms with E-state index in [1.165, 1.54) is 0 Å². The van der Waals surface area contributed by atoms with Crippen LogP contribution in [0.2, 0.25) is 19.6 Å². The summed E-state index contributed by atoms with van der Waals surface area (Å²) in [5.41, 5.74) is 5.04. The Hall–Kier alpha value is -2.32. The van der Waals surface area contributed by atoms with E-state index < -0.39 is 8.07 Å². The summed E-state index contributed by atoms with van der Waals surface area (Å²) in [6.45, 7) is 9.35. The van der Waals surface area contributed by atoms with Gasteiger partial charge < -0.3 is 9.47 Å². The molecule has 1 heterocycles. The molecule has 0 aliphatic carbocycles. The van der Waals surface area contributed by atoms with Gasteiger partial charge in [-0.1, -0.05) is 25.6 Å². The van der Waals surface area contributed by atoms with Crippen LogP contribution >= 0.6 is 0 Å². The minimum absolute atomic E-state index is 0.180. The van der Waals surface area contributed by atoms with E-state index in [0.717, 1.165) is 22.3 Å². The van der Waals surface area contributed by atoms with E-state index in [1.54, 1.807) is 6.92 Å². The molecule has 0 radical (unpaired) electrons. The normalized spacial score (nSPS) is 10.9. The van der Waals surface area contributed by atoms with E-state index in [9.17, 15) is 4.79 Å². The molecule has 0 fully saturated rings. The lowest BCUT2D eigenvalue weighted by Gasteiger charge is -2.07. The average Bonchev–Trinajstić information content (AvgIpc) is 2.56. The van der Waals surface area contributed by atoms with Crippen LogP contribution < -0.4 is 4.74 Å². The molecule has 1 aromatic heterocycles. The first-order valence-electron chi connectivity index (χ1n) is 8.60. The van der Waals surface area contributed by atoms with Crippen molar-refractivity contribution < 1.29 is 14.3 Å². The second kappa shape index (κ2) is 8.68. The number of ether oxygens (including phenoxy) is 2. The second-order valence-electron chi connectivity index (χ2n) is 6.81. The van der Waals surface area contributed by atoms with Gasteiger partial charge in [-0.3, -0.25) is 4.79 Å². The second-order valence-corrected chi connectivity index (χ2v) is 11.6. The number of aromatic nitrogens is 1. The molecule has 0 amide bonds. The fraction of sp³-hybridized carbons (Fsp3) is 0.400. The van der Waals surface area contributed by atoms with Crippen LogP contribution in [0.1, 0.15) is 25.5 Å². The maximum Gasteiger partial charge on any atom is 0.305 e. The van der Waals surface area contributed by atoms with Crippen LogP contribution in [-0.4, -0.2) is 32.2 Å². The predicted octanol–water partition coefficient (Wildman–Crippen LogP) is 4.19. The van der Waals surface area contributed by atoms with Gasteiger partial charge in [-0.05, 0) is 43.7 Å². The monoisotopic (exact) mass is 355 g/mol. The number of benzene rings is 1. The van der Waals surface area contributed by atoms with Crippen molar-refractivity contribution >= 4 is 24.9 Å². The van der Waals surface area contributed by atoms with E-state index in [1.807, 2.05) is 30.3 Å². The lowest BCUT2D eigenvalue weighted by molar-refractivity contribution is -0.143. The number of fused-ring (bicyclic) bond motifs is 1. The number of hydrogen-bond acceptors (Lipinski definition) is 4. The first-order valence-corrected chi connectivity index (χ1v) is 12.1. The van der Waals surface area contributed by atoms with Crippen molar-refractivity contribution in [2.75, 3.05) is 13.2 Å². The molecule has 5 heteroatoms. The number of carbonyl (C=O) groups excluding carboxylic acids is 1. The van der Waals surface area contributed by atoms with E-state index in [4.69, 9.17) is 9.47 Å². The Kier molecular flexibility index (Phi) is 6.60. The zero-order valence-corrected chi connectivity index (χ0v) is 16.4. The van der Waals surface area contributed by atoms with Crippen LogP contribution in [0.5, 0.6) is 5.75 Å². The molecule has 1 aromatic carbocycles. The maximum atomic E-state index is 11.3. The fourth-order valence-electron chi connectivity index (χ4n) is 2.15. The van der Waals surface area contributed by atoms with Crippen LogP contribution in [0.15, 0.2) is 30.3 Å². The van der Waals surface area contributed by atoms with E-state index in [0.29, 0.717) is 26.1 Å². The number of carbonyl (C=O) groups is 1. The summed E-state index contributed by atoms with van der Waals surface area (Å²) in [5.74, 6) is 3.78. The number of rotatable bonds is 6. The van der Waals surface area contributed by atoms with Crippen LogP contribution in [0.25, 0.3) is 10.9 Å². The van der Waals surface area contributed by atoms with Gasteiger partial charge >= 0.3 is 5.97 Å². The molecule has 0 bridgehead atoms. The molecule has 0 N–H and O–H groups in total. The van der Waals surface area contributed by atoms with Gasteiger partial charge in [-0.2, -0.15) is 0 Å². The lowest BCUT2D eigenvalue weighted by atomic mass is 10.2. The first kappa shape index (κ1) is 19.0. The SMILES string of the molecule is CCOC(=O)CCCOc1ccc2nc(C#C[Si](C)(C)C)ccc2c1. The molecule has 0 saturated heterocycles. The standard InChI is InChI=1S/C20H25NO3Si/c1-5-23-20(22)7-6-13-24-18-10-11-19-16(15-18)8-9-17(21-19)12-14-25(2,3)4/h8-11,15H,5-7,13H2,1-4H3. The van der Waals surface area contributed by atoms with E-state index in [-0.39, 0.29) is 5.97 Å². The highest BCUT2D eigenvalue weighted by Gasteiger charge is 2.08. The highest BCUT2D eigenvalue weighted by atomic mass is 28.3. The van der Waals surface area contributed by atoms with Crippen molar-refractivity contribution in [2.45, 2.75) is 39.4 Å². The van der Waals surface area contributed by atoms with Gasteiger partial charge in [-0.25, -0.2) is 4.98 Å². The molecule has 25 heavy (non-hydrogen) atoms. The third kappa shape index (κ3) is 6.59. The Bertz CT molecular complexity index is 800. The van der Waals surface area contributed by atoms with Crippen molar-refractivity contribution in [3.8, 4) is 17.2 Å². The van der Waals surface area contributed by atoms with Crippen LogP contribution in [0, 0.1) is 11.5 Å². The first-order chi connectivity index (χ1) is 11.9. The Morgan fingerprint density at radius 2 is 2.00 bits per heavy atom. The Balaban J connectivity index is 1.98. The Morgan fingerprint density at radius 1 is 1.20 bits per heavy atom. The molecule has 0 atom stereocenters. The summed E-state index contributed by atoms with van der Waals surface area (Å²) in [6, 6.07) is 9.76. The Labute approximate surface area is 150 Å². The number of nitrogens with zero attached hydrogens (tertiary/aromatic N) is 1. The maximum absolute atomic E-state index is 11.3. The summed E-state index contributed by atoms with van der Waals surface area (Å²) in [4.78, 5) is 15.9. The molecule has 0 unspecified atom stereocenters. The fourth-order valence-corrected chi connectivity index (χ4v) is 2.66. The highest BCUT2D eigenvalue weighted by molar-refractivity contribution is 6.83. The third-order valence-corrected chi connectivity index (χ3v) is 4.20. The summed E-state index contributed by atoms with van der Waals surface area (Å²) in [7, 11) is -1.40. The molecule has 2 rings (SSSR count). The minimum atomic E-state index is -1.40. The molecular weight excluding hydrogens is 330 g/mol. The van der Waals surface area contributed by atoms with Gasteiger partial charge in [0.25, 0.3) is 0 Å². The molecule has 2 aromatic rings. The van der Waals surface area contributed by atoms with Crippen molar-refractivity contribution in [3.63, 3.8) is 0 Å². The van der Waals surface area contributed by atoms with Gasteiger partial charge in [0, 0.05) is 11.8 Å².